The first kappa shape index (κ1) is 32.7. The van der Waals surface area contributed by atoms with Crippen molar-refractivity contribution < 1.29 is 0 Å². The third kappa shape index (κ3) is 31.7. The summed E-state index contributed by atoms with van der Waals surface area (Å²) in [6.07, 6.45) is 46.9. The Hall–Kier alpha value is -0.260. The molecule has 0 atom stereocenters. The molecular weight excluding hydrogens is 396 g/mol. The van der Waals surface area contributed by atoms with Crippen LogP contribution in [-0.2, 0) is 0 Å². The summed E-state index contributed by atoms with van der Waals surface area (Å²) in [5.41, 5.74) is 0. The molecule has 0 heteroatoms. The van der Waals surface area contributed by atoms with Gasteiger partial charge in [-0.15, -0.1) is 0 Å². The maximum atomic E-state index is 2.46. The number of unbranched alkanes of at least 4 members (excludes halogenated alkanes) is 27. The van der Waals surface area contributed by atoms with Crippen LogP contribution in [0, 0.1) is 0 Å². The minimum Gasteiger partial charge on any atom is -0.0885 e. The molecule has 0 heterocycles. The molecule has 0 bridgehead atoms. The van der Waals surface area contributed by atoms with Gasteiger partial charge in [-0.2, -0.15) is 0 Å². The number of hydrogen-bond donors (Lipinski definition) is 0. The van der Waals surface area contributed by atoms with Gasteiger partial charge in [0.2, 0.25) is 0 Å². The third-order valence-electron chi connectivity index (χ3n) is 7.37. The monoisotopic (exact) mass is 463 g/mol. The highest BCUT2D eigenvalue weighted by molar-refractivity contribution is 4.81. The molecule has 0 aliphatic heterocycles. The fourth-order valence-corrected chi connectivity index (χ4v) is 4.97. The molecule has 33 heavy (non-hydrogen) atoms. The van der Waals surface area contributed by atoms with Crippen molar-refractivity contribution in [1.82, 2.24) is 0 Å². The van der Waals surface area contributed by atoms with Gasteiger partial charge >= 0.3 is 0 Å². The van der Waals surface area contributed by atoms with Crippen LogP contribution in [0.4, 0.5) is 0 Å². The van der Waals surface area contributed by atoms with Crippen molar-refractivity contribution in [3.63, 3.8) is 0 Å². The van der Waals surface area contributed by atoms with Crippen molar-refractivity contribution in [1.29, 1.82) is 0 Å². The van der Waals surface area contributed by atoms with Gasteiger partial charge in [-0.05, 0) is 25.7 Å². The van der Waals surface area contributed by atoms with E-state index in [1.54, 1.807) is 0 Å². The van der Waals surface area contributed by atoms with Gasteiger partial charge in [0.25, 0.3) is 0 Å². The first-order valence-electron chi connectivity index (χ1n) is 16.1. The van der Waals surface area contributed by atoms with E-state index in [1.165, 1.54) is 186 Å². The molecule has 0 fully saturated rings. The lowest BCUT2D eigenvalue weighted by Gasteiger charge is -2.03. The Balaban J connectivity index is 3.06. The van der Waals surface area contributed by atoms with Crippen LogP contribution in [-0.4, -0.2) is 0 Å². The zero-order chi connectivity index (χ0) is 23.9. The Labute approximate surface area is 212 Å². The molecule has 0 N–H and O–H groups in total. The van der Waals surface area contributed by atoms with Gasteiger partial charge in [-0.25, -0.2) is 0 Å². The molecule has 0 spiro atoms. The van der Waals surface area contributed by atoms with Crippen molar-refractivity contribution in [2.75, 3.05) is 0 Å². The van der Waals surface area contributed by atoms with Gasteiger partial charge in [0.05, 0.1) is 0 Å². The predicted octanol–water partition coefficient (Wildman–Crippen LogP) is 12.9. The third-order valence-corrected chi connectivity index (χ3v) is 7.37. The van der Waals surface area contributed by atoms with Gasteiger partial charge in [0, 0.05) is 0 Å². The van der Waals surface area contributed by atoms with Gasteiger partial charge in [0.15, 0.2) is 0 Å². The Kier molecular flexibility index (Phi) is 31.5. The first-order chi connectivity index (χ1) is 16.4. The smallest absolute Gasteiger partial charge is 0.0351 e. The van der Waals surface area contributed by atoms with Gasteiger partial charge in [-0.3, -0.25) is 0 Å². The molecule has 0 aliphatic carbocycles. The molecule has 0 nitrogen and oxygen atoms in total. The second-order valence-corrected chi connectivity index (χ2v) is 10.9. The zero-order valence-corrected chi connectivity index (χ0v) is 23.7. The first-order valence-corrected chi connectivity index (χ1v) is 16.1. The van der Waals surface area contributed by atoms with Crippen molar-refractivity contribution in [3.8, 4) is 0 Å². The summed E-state index contributed by atoms with van der Waals surface area (Å²) in [7, 11) is 0. The normalized spacial score (nSPS) is 11.7. The van der Waals surface area contributed by atoms with Crippen molar-refractivity contribution >= 4 is 0 Å². The molecule has 0 aliphatic rings. The summed E-state index contributed by atoms with van der Waals surface area (Å²) in [4.78, 5) is 0. The van der Waals surface area contributed by atoms with E-state index in [1.807, 2.05) is 0 Å². The second-order valence-electron chi connectivity index (χ2n) is 10.9. The van der Waals surface area contributed by atoms with Crippen molar-refractivity contribution in [2.24, 2.45) is 0 Å². The molecule has 0 aromatic heterocycles. The fourth-order valence-electron chi connectivity index (χ4n) is 4.97. The molecule has 0 radical (unpaired) electrons. The minimum absolute atomic E-state index is 1.31. The van der Waals surface area contributed by atoms with E-state index in [4.69, 9.17) is 0 Å². The van der Waals surface area contributed by atoms with E-state index in [2.05, 4.69) is 26.0 Å². The SMILES string of the molecule is CCCCCCCCCCCC=CCCCCCCCCCCCCCCCCCCCC. The highest BCUT2D eigenvalue weighted by Crippen LogP contribution is 2.15. The van der Waals surface area contributed by atoms with Crippen LogP contribution in [0.3, 0.4) is 0 Å². The summed E-state index contributed by atoms with van der Waals surface area (Å²) in [5.74, 6) is 0. The second kappa shape index (κ2) is 31.7. The van der Waals surface area contributed by atoms with E-state index < -0.39 is 0 Å². The maximum absolute atomic E-state index is 2.46. The fraction of sp³-hybridized carbons (Fsp3) is 0.939. The summed E-state index contributed by atoms with van der Waals surface area (Å²) in [6, 6.07) is 0. The zero-order valence-electron chi connectivity index (χ0n) is 23.7. The summed E-state index contributed by atoms with van der Waals surface area (Å²) >= 11 is 0. The quantitative estimate of drug-likeness (QED) is 0.0765. The van der Waals surface area contributed by atoms with E-state index >= 15 is 0 Å². The van der Waals surface area contributed by atoms with Gasteiger partial charge in [0.1, 0.15) is 0 Å². The average Bonchev–Trinajstić information content (AvgIpc) is 2.83. The largest absolute Gasteiger partial charge is 0.0885 e. The Morgan fingerprint density at radius 3 is 0.636 bits per heavy atom. The van der Waals surface area contributed by atoms with Crippen LogP contribution in [0.1, 0.15) is 200 Å². The average molecular weight is 463 g/mol. The number of allylic oxidation sites excluding steroid dienone is 2. The van der Waals surface area contributed by atoms with E-state index in [-0.39, 0.29) is 0 Å². The summed E-state index contributed by atoms with van der Waals surface area (Å²) in [6.45, 7) is 4.61. The molecule has 0 rings (SSSR count). The van der Waals surface area contributed by atoms with E-state index in [0.29, 0.717) is 0 Å². The lowest BCUT2D eigenvalue weighted by molar-refractivity contribution is 0.525. The predicted molar refractivity (Wildman–Crippen MR) is 154 cm³/mol. The van der Waals surface area contributed by atoms with E-state index in [9.17, 15) is 0 Å². The lowest BCUT2D eigenvalue weighted by Crippen LogP contribution is -1.84. The Morgan fingerprint density at radius 1 is 0.242 bits per heavy atom. The molecule has 198 valence electrons. The van der Waals surface area contributed by atoms with Crippen molar-refractivity contribution in [2.45, 2.75) is 200 Å². The highest BCUT2D eigenvalue weighted by Gasteiger charge is 1.95. The van der Waals surface area contributed by atoms with Crippen LogP contribution < -0.4 is 0 Å². The standard InChI is InChI=1S/C33H66/c1-3-5-7-9-11-13-15-17-19-21-23-25-27-29-31-33-32-30-28-26-24-22-20-18-16-14-12-10-8-6-4-2/h23,25H,3-22,24,26-33H2,1-2H3. The molecule has 0 aromatic rings. The Morgan fingerprint density at radius 2 is 0.424 bits per heavy atom. The van der Waals surface area contributed by atoms with Crippen LogP contribution in [0.25, 0.3) is 0 Å². The molecule has 0 aromatic carbocycles. The molecule has 0 unspecified atom stereocenters. The van der Waals surface area contributed by atoms with Crippen LogP contribution >= 0.6 is 0 Å². The maximum Gasteiger partial charge on any atom is -0.0351 e. The summed E-state index contributed by atoms with van der Waals surface area (Å²) in [5, 5.41) is 0. The Bertz CT molecular complexity index is 342. The number of hydrogen-bond acceptors (Lipinski definition) is 0. The van der Waals surface area contributed by atoms with Crippen LogP contribution in [0.5, 0.6) is 0 Å². The molecule has 0 saturated heterocycles. The van der Waals surface area contributed by atoms with Crippen molar-refractivity contribution in [3.05, 3.63) is 12.2 Å². The minimum atomic E-state index is 1.31. The molecular formula is C33H66. The van der Waals surface area contributed by atoms with Crippen LogP contribution in [0.2, 0.25) is 0 Å². The topological polar surface area (TPSA) is 0 Å². The van der Waals surface area contributed by atoms with Gasteiger partial charge in [-0.1, -0.05) is 187 Å². The highest BCUT2D eigenvalue weighted by atomic mass is 14.0. The van der Waals surface area contributed by atoms with E-state index in [0.717, 1.165) is 0 Å². The summed E-state index contributed by atoms with van der Waals surface area (Å²) < 4.78 is 0. The number of rotatable bonds is 29. The van der Waals surface area contributed by atoms with Crippen LogP contribution in [0.15, 0.2) is 12.2 Å². The molecule has 0 saturated carbocycles. The lowest BCUT2D eigenvalue weighted by atomic mass is 10.0. The molecule has 0 amide bonds. The van der Waals surface area contributed by atoms with Gasteiger partial charge < -0.3 is 0 Å².